The van der Waals surface area contributed by atoms with Crippen molar-refractivity contribution in [3.05, 3.63) is 0 Å². The lowest BCUT2D eigenvalue weighted by Crippen LogP contribution is -2.09. The monoisotopic (exact) mass is 230 g/mol. The van der Waals surface area contributed by atoms with Crippen LogP contribution in [0.25, 0.3) is 0 Å². The Morgan fingerprint density at radius 2 is 1.81 bits per heavy atom. The van der Waals surface area contributed by atoms with Gasteiger partial charge < -0.3 is 9.84 Å². The van der Waals surface area contributed by atoms with Crippen molar-refractivity contribution in [1.29, 1.82) is 0 Å². The third kappa shape index (κ3) is 9.97. The molecule has 3 heteroatoms. The molecule has 0 aromatic carbocycles. The molecule has 3 nitrogen and oxygen atoms in total. The van der Waals surface area contributed by atoms with E-state index in [1.807, 2.05) is 6.92 Å². The van der Waals surface area contributed by atoms with Crippen molar-refractivity contribution in [3.8, 4) is 0 Å². The number of unbranched alkanes of at least 4 members (excludes halogenated alkanes) is 4. The van der Waals surface area contributed by atoms with Crippen LogP contribution < -0.4 is 0 Å². The summed E-state index contributed by atoms with van der Waals surface area (Å²) in [7, 11) is 0. The summed E-state index contributed by atoms with van der Waals surface area (Å²) < 4.78 is 4.91. The van der Waals surface area contributed by atoms with Gasteiger partial charge in [-0.2, -0.15) is 0 Å². The lowest BCUT2D eigenvalue weighted by molar-refractivity contribution is -0.144. The van der Waals surface area contributed by atoms with Crippen molar-refractivity contribution < 1.29 is 14.6 Å². The van der Waals surface area contributed by atoms with Crippen LogP contribution in [0.3, 0.4) is 0 Å². The largest absolute Gasteiger partial charge is 0.466 e. The second-order valence-corrected chi connectivity index (χ2v) is 4.39. The third-order valence-electron chi connectivity index (χ3n) is 2.68. The van der Waals surface area contributed by atoms with Crippen LogP contribution in [0.5, 0.6) is 0 Å². The van der Waals surface area contributed by atoms with Crippen molar-refractivity contribution >= 4 is 5.97 Å². The Bertz CT molecular complexity index is 169. The molecule has 1 atom stereocenters. The molecule has 0 rings (SSSR count). The molecule has 0 aliphatic rings. The van der Waals surface area contributed by atoms with Crippen LogP contribution in [-0.2, 0) is 9.53 Å². The Morgan fingerprint density at radius 3 is 2.44 bits per heavy atom. The molecule has 96 valence electrons. The first-order valence-electron chi connectivity index (χ1n) is 6.47. The highest BCUT2D eigenvalue weighted by Crippen LogP contribution is 2.14. The van der Waals surface area contributed by atoms with Gasteiger partial charge in [0.15, 0.2) is 0 Å². The standard InChI is InChI=1S/C13H26O3/c1-3-16-13(15)11-12(2)9-7-5-4-6-8-10-14/h12,14H,3-11H2,1-2H3. The molecule has 0 bridgehead atoms. The van der Waals surface area contributed by atoms with E-state index in [2.05, 4.69) is 6.92 Å². The first-order chi connectivity index (χ1) is 7.70. The van der Waals surface area contributed by atoms with E-state index >= 15 is 0 Å². The second kappa shape index (κ2) is 10.9. The zero-order chi connectivity index (χ0) is 12.2. The highest BCUT2D eigenvalue weighted by atomic mass is 16.5. The van der Waals surface area contributed by atoms with Crippen molar-refractivity contribution in [3.63, 3.8) is 0 Å². The van der Waals surface area contributed by atoms with E-state index in [1.54, 1.807) is 0 Å². The van der Waals surface area contributed by atoms with Gasteiger partial charge in [0.05, 0.1) is 6.61 Å². The molecule has 0 aliphatic carbocycles. The molecule has 1 N–H and O–H groups in total. The fourth-order valence-corrected chi connectivity index (χ4v) is 1.74. The van der Waals surface area contributed by atoms with E-state index in [9.17, 15) is 4.79 Å². The molecule has 0 saturated heterocycles. The first-order valence-corrected chi connectivity index (χ1v) is 6.47. The van der Waals surface area contributed by atoms with Crippen LogP contribution in [0.15, 0.2) is 0 Å². The van der Waals surface area contributed by atoms with E-state index in [1.165, 1.54) is 19.3 Å². The smallest absolute Gasteiger partial charge is 0.306 e. The van der Waals surface area contributed by atoms with Gasteiger partial charge in [-0.05, 0) is 19.3 Å². The normalized spacial score (nSPS) is 12.4. The topological polar surface area (TPSA) is 46.5 Å². The summed E-state index contributed by atoms with van der Waals surface area (Å²) >= 11 is 0. The number of aliphatic hydroxyl groups is 1. The molecule has 0 fully saturated rings. The van der Waals surface area contributed by atoms with Gasteiger partial charge in [0, 0.05) is 13.0 Å². The molecule has 0 aliphatic heterocycles. The summed E-state index contributed by atoms with van der Waals surface area (Å²) in [6.45, 7) is 4.72. The minimum Gasteiger partial charge on any atom is -0.466 e. The van der Waals surface area contributed by atoms with Crippen molar-refractivity contribution in [2.75, 3.05) is 13.2 Å². The average Bonchev–Trinajstić information content (AvgIpc) is 2.23. The van der Waals surface area contributed by atoms with Crippen LogP contribution in [-0.4, -0.2) is 24.3 Å². The minimum absolute atomic E-state index is 0.0738. The number of rotatable bonds is 10. The number of hydrogen-bond acceptors (Lipinski definition) is 3. The molecule has 1 unspecified atom stereocenters. The van der Waals surface area contributed by atoms with Crippen LogP contribution in [0.2, 0.25) is 0 Å². The first kappa shape index (κ1) is 15.4. The minimum atomic E-state index is -0.0738. The molecule has 16 heavy (non-hydrogen) atoms. The van der Waals surface area contributed by atoms with Crippen LogP contribution >= 0.6 is 0 Å². The SMILES string of the molecule is CCOC(=O)CC(C)CCCCCCCO. The molecular weight excluding hydrogens is 204 g/mol. The summed E-state index contributed by atoms with van der Waals surface area (Å²) in [6.07, 6.45) is 7.23. The number of ether oxygens (including phenoxy) is 1. The van der Waals surface area contributed by atoms with E-state index in [0.29, 0.717) is 25.6 Å². The van der Waals surface area contributed by atoms with E-state index in [0.717, 1.165) is 19.3 Å². The second-order valence-electron chi connectivity index (χ2n) is 4.39. The Balaban J connectivity index is 3.29. The summed E-state index contributed by atoms with van der Waals surface area (Å²) in [5.74, 6) is 0.354. The van der Waals surface area contributed by atoms with Crippen molar-refractivity contribution in [2.45, 2.75) is 58.8 Å². The maximum atomic E-state index is 11.2. The predicted octanol–water partition coefficient (Wildman–Crippen LogP) is 2.91. The molecule has 0 saturated carbocycles. The molecular formula is C13H26O3. The number of esters is 1. The maximum absolute atomic E-state index is 11.2. The average molecular weight is 230 g/mol. The van der Waals surface area contributed by atoms with Gasteiger partial charge in [-0.25, -0.2) is 0 Å². The van der Waals surface area contributed by atoms with Gasteiger partial charge >= 0.3 is 5.97 Å². The Labute approximate surface area is 99.2 Å². The van der Waals surface area contributed by atoms with E-state index < -0.39 is 0 Å². The van der Waals surface area contributed by atoms with Crippen LogP contribution in [0.4, 0.5) is 0 Å². The summed E-state index contributed by atoms with van der Waals surface area (Å²) in [4.78, 5) is 11.2. The molecule has 0 radical (unpaired) electrons. The van der Waals surface area contributed by atoms with Crippen LogP contribution in [0.1, 0.15) is 58.8 Å². The van der Waals surface area contributed by atoms with Crippen molar-refractivity contribution in [1.82, 2.24) is 0 Å². The van der Waals surface area contributed by atoms with Crippen molar-refractivity contribution in [2.24, 2.45) is 5.92 Å². The lowest BCUT2D eigenvalue weighted by Gasteiger charge is -2.10. The molecule has 0 heterocycles. The fraction of sp³-hybridized carbons (Fsp3) is 0.923. The molecule has 0 aromatic rings. The maximum Gasteiger partial charge on any atom is 0.306 e. The number of carbonyl (C=O) groups excluding carboxylic acids is 1. The quantitative estimate of drug-likeness (QED) is 0.463. The Kier molecular flexibility index (Phi) is 10.5. The van der Waals surface area contributed by atoms with Gasteiger partial charge in [-0.15, -0.1) is 0 Å². The van der Waals surface area contributed by atoms with Gasteiger partial charge in [0.25, 0.3) is 0 Å². The third-order valence-corrected chi connectivity index (χ3v) is 2.68. The van der Waals surface area contributed by atoms with Gasteiger partial charge in [-0.3, -0.25) is 4.79 Å². The number of carbonyl (C=O) groups is 1. The van der Waals surface area contributed by atoms with Crippen LogP contribution in [0, 0.1) is 5.92 Å². The zero-order valence-corrected chi connectivity index (χ0v) is 10.7. The predicted molar refractivity (Wildman–Crippen MR) is 65.2 cm³/mol. The molecule has 0 aromatic heterocycles. The Morgan fingerprint density at radius 1 is 1.19 bits per heavy atom. The highest BCUT2D eigenvalue weighted by molar-refractivity contribution is 5.69. The van der Waals surface area contributed by atoms with E-state index in [4.69, 9.17) is 9.84 Å². The molecule has 0 spiro atoms. The zero-order valence-electron chi connectivity index (χ0n) is 10.7. The summed E-state index contributed by atoms with van der Waals surface area (Å²) in [5.41, 5.74) is 0. The number of hydrogen-bond donors (Lipinski definition) is 1. The highest BCUT2D eigenvalue weighted by Gasteiger charge is 2.09. The van der Waals surface area contributed by atoms with Gasteiger partial charge in [0.2, 0.25) is 0 Å². The van der Waals surface area contributed by atoms with Gasteiger partial charge in [0.1, 0.15) is 0 Å². The van der Waals surface area contributed by atoms with E-state index in [-0.39, 0.29) is 5.97 Å². The number of aliphatic hydroxyl groups excluding tert-OH is 1. The Hall–Kier alpha value is -0.570. The van der Waals surface area contributed by atoms with Gasteiger partial charge in [-0.1, -0.05) is 39.0 Å². The molecule has 0 amide bonds. The fourth-order valence-electron chi connectivity index (χ4n) is 1.74. The lowest BCUT2D eigenvalue weighted by atomic mass is 9.99. The summed E-state index contributed by atoms with van der Waals surface area (Å²) in [6, 6.07) is 0. The summed E-state index contributed by atoms with van der Waals surface area (Å²) in [5, 5.41) is 8.61.